The van der Waals surface area contributed by atoms with E-state index in [1.165, 1.54) is 0 Å². The minimum Gasteiger partial charge on any atom is -0.480 e. The number of benzene rings is 1. The molecule has 0 aliphatic heterocycles. The number of carbonyl (C=O) groups is 3. The summed E-state index contributed by atoms with van der Waals surface area (Å²) in [5, 5.41) is 15.1. The number of rotatable bonds is 8. The lowest BCUT2D eigenvalue weighted by Crippen LogP contribution is -2.42. The van der Waals surface area contributed by atoms with Gasteiger partial charge in [-0.15, -0.1) is 0 Å². The quantitative estimate of drug-likeness (QED) is 0.490. The van der Waals surface area contributed by atoms with E-state index in [-0.39, 0.29) is 19.5 Å². The summed E-state index contributed by atoms with van der Waals surface area (Å²) in [6.45, 7) is 0.278. The molecule has 1 heterocycles. The first-order chi connectivity index (χ1) is 11.9. The van der Waals surface area contributed by atoms with Gasteiger partial charge in [-0.05, 0) is 37.1 Å². The predicted octanol–water partition coefficient (Wildman–Crippen LogP) is 1.42. The third kappa shape index (κ3) is 5.49. The molecule has 2 aromatic rings. The van der Waals surface area contributed by atoms with E-state index in [4.69, 9.17) is 5.73 Å². The van der Waals surface area contributed by atoms with Crippen LogP contribution >= 0.6 is 15.9 Å². The number of urea groups is 1. The number of halogens is 1. The third-order valence-corrected chi connectivity index (χ3v) is 4.14. The van der Waals surface area contributed by atoms with Crippen molar-refractivity contribution in [1.82, 2.24) is 15.2 Å². The molecule has 0 aliphatic carbocycles. The second-order valence-corrected chi connectivity index (χ2v) is 6.45. The zero-order chi connectivity index (χ0) is 18.4. The first-order valence-electron chi connectivity index (χ1n) is 7.66. The fourth-order valence-corrected chi connectivity index (χ4v) is 2.86. The van der Waals surface area contributed by atoms with Crippen LogP contribution in [-0.2, 0) is 16.1 Å². The van der Waals surface area contributed by atoms with Gasteiger partial charge in [-0.3, -0.25) is 4.79 Å². The summed E-state index contributed by atoms with van der Waals surface area (Å²) in [5.41, 5.74) is 5.82. The first-order valence-corrected chi connectivity index (χ1v) is 8.46. The minimum atomic E-state index is -1.12. The highest BCUT2D eigenvalue weighted by Crippen LogP contribution is 2.20. The van der Waals surface area contributed by atoms with Crippen molar-refractivity contribution in [2.75, 3.05) is 6.54 Å². The van der Waals surface area contributed by atoms with Gasteiger partial charge < -0.3 is 26.0 Å². The second kappa shape index (κ2) is 8.52. The van der Waals surface area contributed by atoms with Crippen LogP contribution in [0.4, 0.5) is 4.79 Å². The number of nitrogens with two attached hydrogens (primary N) is 1. The Balaban J connectivity index is 1.93. The number of amides is 3. The molecule has 0 spiro atoms. The molecule has 134 valence electrons. The maximum atomic E-state index is 12.2. The van der Waals surface area contributed by atoms with Crippen molar-refractivity contribution >= 4 is 44.7 Å². The predicted molar refractivity (Wildman–Crippen MR) is 96.0 cm³/mol. The van der Waals surface area contributed by atoms with Crippen LogP contribution in [0.15, 0.2) is 34.9 Å². The normalized spacial score (nSPS) is 11.9. The molecule has 0 bridgehead atoms. The van der Waals surface area contributed by atoms with E-state index in [0.717, 1.165) is 15.4 Å². The summed E-state index contributed by atoms with van der Waals surface area (Å²) < 4.78 is 2.70. The van der Waals surface area contributed by atoms with Gasteiger partial charge in [0.2, 0.25) is 5.91 Å². The minimum absolute atomic E-state index is 0.0223. The lowest BCUT2D eigenvalue weighted by atomic mass is 10.1. The van der Waals surface area contributed by atoms with E-state index in [1.54, 1.807) is 10.8 Å². The molecule has 3 amide bonds. The lowest BCUT2D eigenvalue weighted by Gasteiger charge is -2.15. The Labute approximate surface area is 152 Å². The fourth-order valence-electron chi connectivity index (χ4n) is 2.48. The van der Waals surface area contributed by atoms with Gasteiger partial charge in [0, 0.05) is 28.1 Å². The van der Waals surface area contributed by atoms with Crippen LogP contribution in [-0.4, -0.2) is 40.2 Å². The third-order valence-electron chi connectivity index (χ3n) is 3.65. The molecule has 0 saturated carbocycles. The summed E-state index contributed by atoms with van der Waals surface area (Å²) in [7, 11) is 0. The maximum Gasteiger partial charge on any atom is 0.326 e. The van der Waals surface area contributed by atoms with Crippen LogP contribution in [0.1, 0.15) is 12.8 Å². The summed E-state index contributed by atoms with van der Waals surface area (Å²) in [6, 6.07) is 5.91. The molecule has 0 aliphatic rings. The highest BCUT2D eigenvalue weighted by atomic mass is 79.9. The molecule has 9 heteroatoms. The van der Waals surface area contributed by atoms with Crippen molar-refractivity contribution in [3.63, 3.8) is 0 Å². The van der Waals surface area contributed by atoms with Crippen molar-refractivity contribution in [2.45, 2.75) is 25.4 Å². The molecule has 8 nitrogen and oxygen atoms in total. The Kier molecular flexibility index (Phi) is 6.40. The van der Waals surface area contributed by atoms with Crippen LogP contribution in [0.3, 0.4) is 0 Å². The smallest absolute Gasteiger partial charge is 0.326 e. The summed E-state index contributed by atoms with van der Waals surface area (Å²) in [6.07, 6.45) is 2.37. The van der Waals surface area contributed by atoms with Gasteiger partial charge >= 0.3 is 12.0 Å². The molecule has 2 rings (SSSR count). The van der Waals surface area contributed by atoms with Gasteiger partial charge in [0.15, 0.2) is 0 Å². The molecule has 0 radical (unpaired) electrons. The van der Waals surface area contributed by atoms with E-state index >= 15 is 0 Å². The topological polar surface area (TPSA) is 126 Å². The largest absolute Gasteiger partial charge is 0.480 e. The van der Waals surface area contributed by atoms with Crippen LogP contribution in [0, 0.1) is 0 Å². The van der Waals surface area contributed by atoms with Crippen LogP contribution in [0.5, 0.6) is 0 Å². The van der Waals surface area contributed by atoms with Crippen LogP contribution in [0.25, 0.3) is 10.9 Å². The average Bonchev–Trinajstić information content (AvgIpc) is 2.91. The molecule has 1 atom stereocenters. The zero-order valence-electron chi connectivity index (χ0n) is 13.4. The number of aromatic nitrogens is 1. The van der Waals surface area contributed by atoms with Gasteiger partial charge in [0.25, 0.3) is 0 Å². The van der Waals surface area contributed by atoms with Crippen molar-refractivity contribution in [3.05, 3.63) is 34.9 Å². The van der Waals surface area contributed by atoms with Crippen molar-refractivity contribution in [3.8, 4) is 0 Å². The Bertz CT molecular complexity index is 790. The van der Waals surface area contributed by atoms with Gasteiger partial charge in [0.1, 0.15) is 12.6 Å². The van der Waals surface area contributed by atoms with E-state index < -0.39 is 23.9 Å². The van der Waals surface area contributed by atoms with E-state index in [2.05, 4.69) is 26.6 Å². The highest BCUT2D eigenvalue weighted by Gasteiger charge is 2.19. The number of carbonyl (C=O) groups excluding carboxylic acids is 2. The fraction of sp³-hybridized carbons (Fsp3) is 0.312. The summed E-state index contributed by atoms with van der Waals surface area (Å²) in [5.74, 6) is -1.51. The van der Waals surface area contributed by atoms with E-state index in [0.29, 0.717) is 6.42 Å². The maximum absolute atomic E-state index is 12.2. The Morgan fingerprint density at radius 3 is 2.72 bits per heavy atom. The molecule has 0 saturated heterocycles. The molecule has 0 fully saturated rings. The number of fused-ring (bicyclic) bond motifs is 1. The average molecular weight is 411 g/mol. The molecule has 0 unspecified atom stereocenters. The number of nitrogens with zero attached hydrogens (tertiary/aromatic N) is 1. The number of hydrogen-bond donors (Lipinski definition) is 4. The lowest BCUT2D eigenvalue weighted by molar-refractivity contribution is -0.142. The number of primary amides is 1. The number of carboxylic acid groups (broad SMARTS) is 1. The summed E-state index contributed by atoms with van der Waals surface area (Å²) in [4.78, 5) is 34.0. The number of nitrogens with one attached hydrogen (secondary N) is 2. The SMILES string of the molecule is NC(=O)NCCC[C@H](NC(=O)Cn1ccc2cc(Br)ccc21)C(=O)O. The standard InChI is InChI=1S/C16H19BrN4O4/c17-11-3-4-13-10(8-11)5-7-21(13)9-14(22)20-12(15(23)24)2-1-6-19-16(18)25/h3-5,7-8,12H,1-2,6,9H2,(H,20,22)(H,23,24)(H3,18,19,25)/t12-/m0/s1. The number of aliphatic carboxylic acids is 1. The van der Waals surface area contributed by atoms with Crippen molar-refractivity contribution in [2.24, 2.45) is 5.73 Å². The van der Waals surface area contributed by atoms with Gasteiger partial charge in [-0.2, -0.15) is 0 Å². The highest BCUT2D eigenvalue weighted by molar-refractivity contribution is 9.10. The van der Waals surface area contributed by atoms with Gasteiger partial charge in [-0.25, -0.2) is 9.59 Å². The summed E-state index contributed by atoms with van der Waals surface area (Å²) >= 11 is 3.39. The molecule has 1 aromatic heterocycles. The zero-order valence-corrected chi connectivity index (χ0v) is 15.0. The van der Waals surface area contributed by atoms with Crippen molar-refractivity contribution < 1.29 is 19.5 Å². The first kappa shape index (κ1) is 18.8. The second-order valence-electron chi connectivity index (χ2n) is 5.54. The monoisotopic (exact) mass is 410 g/mol. The Hall–Kier alpha value is -2.55. The van der Waals surface area contributed by atoms with Gasteiger partial charge in [-0.1, -0.05) is 15.9 Å². The Morgan fingerprint density at radius 1 is 1.28 bits per heavy atom. The van der Waals surface area contributed by atoms with Crippen molar-refractivity contribution in [1.29, 1.82) is 0 Å². The molecule has 5 N–H and O–H groups in total. The molecular weight excluding hydrogens is 392 g/mol. The van der Waals surface area contributed by atoms with E-state index in [9.17, 15) is 19.5 Å². The number of hydrogen-bond acceptors (Lipinski definition) is 3. The Morgan fingerprint density at radius 2 is 2.04 bits per heavy atom. The number of carboxylic acids is 1. The molecular formula is C16H19BrN4O4. The van der Waals surface area contributed by atoms with Gasteiger partial charge in [0.05, 0.1) is 0 Å². The van der Waals surface area contributed by atoms with E-state index in [1.807, 2.05) is 24.3 Å². The molecule has 1 aromatic carbocycles. The molecule has 25 heavy (non-hydrogen) atoms. The van der Waals surface area contributed by atoms with Crippen LogP contribution < -0.4 is 16.4 Å². The van der Waals surface area contributed by atoms with Crippen LogP contribution in [0.2, 0.25) is 0 Å².